The van der Waals surface area contributed by atoms with Crippen molar-refractivity contribution < 1.29 is 27.3 Å². The van der Waals surface area contributed by atoms with Crippen molar-refractivity contribution in [3.63, 3.8) is 0 Å². The zero-order valence-electron chi connectivity index (χ0n) is 5.65. The van der Waals surface area contributed by atoms with E-state index in [2.05, 4.69) is 0 Å². The van der Waals surface area contributed by atoms with Crippen molar-refractivity contribution in [3.8, 4) is 5.75 Å². The summed E-state index contributed by atoms with van der Waals surface area (Å²) >= 11 is 0. The molecule has 0 bridgehead atoms. The Labute approximate surface area is 75.0 Å². The molecule has 0 heterocycles. The molecular formula is C7H7CrNO2. The summed E-state index contributed by atoms with van der Waals surface area (Å²) in [5.74, 6) is -0.687. The Morgan fingerprint density at radius 3 is 2.27 bits per heavy atom. The van der Waals surface area contributed by atoms with E-state index in [-0.39, 0.29) is 28.7 Å². The van der Waals surface area contributed by atoms with Crippen molar-refractivity contribution in [1.82, 2.24) is 0 Å². The van der Waals surface area contributed by atoms with Crippen molar-refractivity contribution in [3.05, 3.63) is 29.8 Å². The van der Waals surface area contributed by atoms with E-state index in [0.717, 1.165) is 0 Å². The van der Waals surface area contributed by atoms with Crippen molar-refractivity contribution in [2.45, 2.75) is 0 Å². The molecule has 0 saturated carbocycles. The molecule has 0 aliphatic heterocycles. The molecule has 0 fully saturated rings. The number of hydrogen-bond donors (Lipinski definition) is 2. The van der Waals surface area contributed by atoms with Gasteiger partial charge in [0.15, 0.2) is 0 Å². The second kappa shape index (κ2) is 4.02. The van der Waals surface area contributed by atoms with Crippen LogP contribution < -0.4 is 5.73 Å². The van der Waals surface area contributed by atoms with Gasteiger partial charge in [-0.1, -0.05) is 12.1 Å². The van der Waals surface area contributed by atoms with Crippen LogP contribution in [0, 0.1) is 0 Å². The Morgan fingerprint density at radius 1 is 1.36 bits per heavy atom. The van der Waals surface area contributed by atoms with E-state index in [1.54, 1.807) is 12.1 Å². The van der Waals surface area contributed by atoms with Gasteiger partial charge < -0.3 is 10.8 Å². The number of para-hydroxylation sites is 1. The quantitative estimate of drug-likeness (QED) is 0.675. The summed E-state index contributed by atoms with van der Waals surface area (Å²) in [7, 11) is 0. The number of phenols is 1. The SMILES string of the molecule is NC(=O)c1ccccc1O.[Cr]. The monoisotopic (exact) mass is 189 g/mol. The van der Waals surface area contributed by atoms with E-state index in [1.165, 1.54) is 12.1 Å². The minimum Gasteiger partial charge on any atom is -0.507 e. The molecular weight excluding hydrogens is 182 g/mol. The number of hydrogen-bond acceptors (Lipinski definition) is 2. The van der Waals surface area contributed by atoms with Gasteiger partial charge in [-0.3, -0.25) is 4.79 Å². The summed E-state index contributed by atoms with van der Waals surface area (Å²) in [6.07, 6.45) is 0. The summed E-state index contributed by atoms with van der Waals surface area (Å²) < 4.78 is 0. The molecule has 11 heavy (non-hydrogen) atoms. The van der Waals surface area contributed by atoms with Gasteiger partial charge in [0.25, 0.3) is 5.91 Å². The van der Waals surface area contributed by atoms with Crippen LogP contribution in [0.1, 0.15) is 10.4 Å². The van der Waals surface area contributed by atoms with Crippen LogP contribution in [-0.4, -0.2) is 11.0 Å². The number of primary amides is 1. The standard InChI is InChI=1S/C7H7NO2.Cr/c8-7(10)5-3-1-2-4-6(5)9;/h1-4,9H,(H2,8,10);. The predicted octanol–water partition coefficient (Wildman–Crippen LogP) is 0.489. The van der Waals surface area contributed by atoms with Crippen molar-refractivity contribution in [2.75, 3.05) is 0 Å². The smallest absolute Gasteiger partial charge is 0.252 e. The molecule has 3 nitrogen and oxygen atoms in total. The zero-order chi connectivity index (χ0) is 7.56. The van der Waals surface area contributed by atoms with E-state index >= 15 is 0 Å². The number of benzene rings is 1. The van der Waals surface area contributed by atoms with E-state index in [4.69, 9.17) is 10.8 Å². The van der Waals surface area contributed by atoms with Crippen LogP contribution in [0.4, 0.5) is 0 Å². The maximum absolute atomic E-state index is 10.5. The molecule has 1 rings (SSSR count). The minimum absolute atomic E-state index is 0. The second-order valence-electron chi connectivity index (χ2n) is 1.88. The molecule has 4 heteroatoms. The minimum atomic E-state index is -0.613. The van der Waals surface area contributed by atoms with Crippen molar-refractivity contribution in [1.29, 1.82) is 0 Å². The molecule has 0 atom stereocenters. The third-order valence-electron chi connectivity index (χ3n) is 1.17. The van der Waals surface area contributed by atoms with Crippen LogP contribution in [0.25, 0.3) is 0 Å². The largest absolute Gasteiger partial charge is 0.507 e. The maximum Gasteiger partial charge on any atom is 0.252 e. The Kier molecular flexibility index (Phi) is 3.66. The van der Waals surface area contributed by atoms with Crippen LogP contribution in [0.2, 0.25) is 0 Å². The maximum atomic E-state index is 10.5. The average Bonchev–Trinajstić information content (AvgIpc) is 1.88. The topological polar surface area (TPSA) is 63.3 Å². The number of carbonyl (C=O) groups is 1. The number of aromatic hydroxyl groups is 1. The first-order chi connectivity index (χ1) is 4.72. The van der Waals surface area contributed by atoms with Crippen LogP contribution in [0.3, 0.4) is 0 Å². The fourth-order valence-electron chi connectivity index (χ4n) is 0.682. The summed E-state index contributed by atoms with van der Waals surface area (Å²) in [6, 6.07) is 6.15. The first-order valence-corrected chi connectivity index (χ1v) is 2.79. The molecule has 0 aliphatic rings. The Balaban J connectivity index is 0.000001000. The molecule has 0 aromatic heterocycles. The van der Waals surface area contributed by atoms with Gasteiger partial charge in [0.05, 0.1) is 5.56 Å². The molecule has 0 radical (unpaired) electrons. The molecule has 0 aliphatic carbocycles. The van der Waals surface area contributed by atoms with E-state index in [0.29, 0.717) is 0 Å². The molecule has 3 N–H and O–H groups in total. The van der Waals surface area contributed by atoms with Gasteiger partial charge in [-0.2, -0.15) is 0 Å². The van der Waals surface area contributed by atoms with Crippen molar-refractivity contribution >= 4 is 5.91 Å². The molecule has 1 aromatic rings. The van der Waals surface area contributed by atoms with Crippen LogP contribution in [0.5, 0.6) is 5.75 Å². The Morgan fingerprint density at radius 2 is 1.91 bits per heavy atom. The van der Waals surface area contributed by atoms with Gasteiger partial charge in [0, 0.05) is 17.4 Å². The number of carbonyl (C=O) groups excluding carboxylic acids is 1. The number of amides is 1. The normalized spacial score (nSPS) is 8.36. The number of nitrogens with two attached hydrogens (primary N) is 1. The van der Waals surface area contributed by atoms with E-state index in [1.807, 2.05) is 0 Å². The average molecular weight is 189 g/mol. The molecule has 1 amide bonds. The van der Waals surface area contributed by atoms with Crippen LogP contribution in [-0.2, 0) is 17.4 Å². The molecule has 0 unspecified atom stereocenters. The number of rotatable bonds is 1. The predicted molar refractivity (Wildman–Crippen MR) is 36.6 cm³/mol. The molecule has 1 aromatic carbocycles. The van der Waals surface area contributed by atoms with E-state index in [9.17, 15) is 4.79 Å². The first kappa shape index (κ1) is 10.0. The summed E-state index contributed by atoms with van der Waals surface area (Å²) in [5, 5.41) is 8.98. The third-order valence-corrected chi connectivity index (χ3v) is 1.17. The van der Waals surface area contributed by atoms with Crippen LogP contribution >= 0.6 is 0 Å². The van der Waals surface area contributed by atoms with Crippen molar-refractivity contribution in [2.24, 2.45) is 5.73 Å². The third kappa shape index (κ3) is 2.26. The summed E-state index contributed by atoms with van der Waals surface area (Å²) in [5.41, 5.74) is 5.07. The van der Waals surface area contributed by atoms with Gasteiger partial charge in [-0.25, -0.2) is 0 Å². The van der Waals surface area contributed by atoms with Gasteiger partial charge in [-0.05, 0) is 12.1 Å². The Bertz CT molecular complexity index is 262. The van der Waals surface area contributed by atoms with Gasteiger partial charge in [0.2, 0.25) is 0 Å². The van der Waals surface area contributed by atoms with Crippen LogP contribution in [0.15, 0.2) is 24.3 Å². The molecule has 58 valence electrons. The van der Waals surface area contributed by atoms with E-state index < -0.39 is 5.91 Å². The molecule has 0 saturated heterocycles. The van der Waals surface area contributed by atoms with Gasteiger partial charge in [0.1, 0.15) is 5.75 Å². The fraction of sp³-hybridized carbons (Fsp3) is 0. The summed E-state index contributed by atoms with van der Waals surface area (Å²) in [6.45, 7) is 0. The summed E-state index contributed by atoms with van der Waals surface area (Å²) in [4.78, 5) is 10.5. The molecule has 0 spiro atoms. The zero-order valence-corrected chi connectivity index (χ0v) is 6.93. The van der Waals surface area contributed by atoms with Gasteiger partial charge in [-0.15, -0.1) is 0 Å². The Hall–Kier alpha value is -0.978. The fourth-order valence-corrected chi connectivity index (χ4v) is 0.682. The second-order valence-corrected chi connectivity index (χ2v) is 1.88. The van der Waals surface area contributed by atoms with Gasteiger partial charge >= 0.3 is 0 Å². The first-order valence-electron chi connectivity index (χ1n) is 2.79.